The van der Waals surface area contributed by atoms with Gasteiger partial charge in [0.1, 0.15) is 5.60 Å². The van der Waals surface area contributed by atoms with Crippen molar-refractivity contribution in [1.82, 2.24) is 0 Å². The Bertz CT molecular complexity index is 657. The molecule has 25 heavy (non-hydrogen) atoms. The van der Waals surface area contributed by atoms with Gasteiger partial charge in [-0.05, 0) is 42.3 Å². The van der Waals surface area contributed by atoms with Crippen LogP contribution < -0.4 is 0 Å². The summed E-state index contributed by atoms with van der Waals surface area (Å²) in [6, 6.07) is 6.83. The van der Waals surface area contributed by atoms with Crippen molar-refractivity contribution < 1.29 is 36.6 Å². The van der Waals surface area contributed by atoms with E-state index in [2.05, 4.69) is 0 Å². The summed E-state index contributed by atoms with van der Waals surface area (Å²) in [6.07, 6.45) is -10.6. The standard InChI is InChI=1S/C17H14F6O2/c1-10(24)15(25,11-2-6-13(7-3-11)16(18,19)20)12-4-8-14(9-5-12)17(21,22)23/h2-10,24-25H,1H3/t10-/m0/s1. The number of halogens is 6. The van der Waals surface area contributed by atoms with Crippen molar-refractivity contribution in [3.05, 3.63) is 70.8 Å². The van der Waals surface area contributed by atoms with Gasteiger partial charge in [-0.1, -0.05) is 24.3 Å². The highest BCUT2D eigenvalue weighted by atomic mass is 19.4. The third-order valence-corrected chi connectivity index (χ3v) is 3.91. The fourth-order valence-electron chi connectivity index (χ4n) is 2.48. The van der Waals surface area contributed by atoms with E-state index < -0.39 is 35.2 Å². The molecule has 1 atom stereocenters. The van der Waals surface area contributed by atoms with Gasteiger partial charge in [0.15, 0.2) is 0 Å². The van der Waals surface area contributed by atoms with E-state index in [0.29, 0.717) is 0 Å². The molecular formula is C17H14F6O2. The number of rotatable bonds is 3. The van der Waals surface area contributed by atoms with Gasteiger partial charge in [-0.25, -0.2) is 0 Å². The first-order valence-electron chi connectivity index (χ1n) is 7.12. The molecule has 0 bridgehead atoms. The Kier molecular flexibility index (Phi) is 4.89. The highest BCUT2D eigenvalue weighted by molar-refractivity contribution is 5.40. The van der Waals surface area contributed by atoms with E-state index in [4.69, 9.17) is 0 Å². The summed E-state index contributed by atoms with van der Waals surface area (Å²) in [5, 5.41) is 20.7. The van der Waals surface area contributed by atoms with Crippen LogP contribution in [0.2, 0.25) is 0 Å². The Balaban J connectivity index is 2.48. The largest absolute Gasteiger partial charge is 0.416 e. The van der Waals surface area contributed by atoms with Gasteiger partial charge in [0.2, 0.25) is 0 Å². The van der Waals surface area contributed by atoms with Crippen molar-refractivity contribution in [2.24, 2.45) is 0 Å². The molecule has 8 heteroatoms. The molecule has 2 aromatic rings. The number of alkyl halides is 6. The number of benzene rings is 2. The molecule has 0 aromatic heterocycles. The van der Waals surface area contributed by atoms with Crippen molar-refractivity contribution in [3.8, 4) is 0 Å². The lowest BCUT2D eigenvalue weighted by atomic mass is 9.81. The summed E-state index contributed by atoms with van der Waals surface area (Å²) in [4.78, 5) is 0. The summed E-state index contributed by atoms with van der Waals surface area (Å²) < 4.78 is 75.8. The number of hydrogen-bond acceptors (Lipinski definition) is 2. The minimum Gasteiger partial charge on any atom is -0.390 e. The number of aliphatic hydroxyl groups excluding tert-OH is 1. The summed E-state index contributed by atoms with van der Waals surface area (Å²) >= 11 is 0. The second kappa shape index (κ2) is 6.34. The Morgan fingerprint density at radius 3 is 1.08 bits per heavy atom. The fraction of sp³-hybridized carbons (Fsp3) is 0.294. The minimum absolute atomic E-state index is 0.0738. The maximum Gasteiger partial charge on any atom is 0.416 e. The van der Waals surface area contributed by atoms with Crippen LogP contribution in [0.25, 0.3) is 0 Å². The lowest BCUT2D eigenvalue weighted by Gasteiger charge is -2.32. The highest BCUT2D eigenvalue weighted by Crippen LogP contribution is 2.37. The van der Waals surface area contributed by atoms with E-state index in [1.54, 1.807) is 0 Å². The van der Waals surface area contributed by atoms with Crippen LogP contribution >= 0.6 is 0 Å². The van der Waals surface area contributed by atoms with Crippen molar-refractivity contribution in [2.45, 2.75) is 31.0 Å². The second-order valence-corrected chi connectivity index (χ2v) is 5.59. The molecule has 0 fully saturated rings. The van der Waals surface area contributed by atoms with E-state index >= 15 is 0 Å². The smallest absolute Gasteiger partial charge is 0.390 e. The quantitative estimate of drug-likeness (QED) is 0.796. The van der Waals surface area contributed by atoms with Crippen LogP contribution in [0.5, 0.6) is 0 Å². The molecule has 2 nitrogen and oxygen atoms in total. The van der Waals surface area contributed by atoms with Crippen LogP contribution in [0, 0.1) is 0 Å². The molecule has 0 aliphatic rings. The van der Waals surface area contributed by atoms with Crippen LogP contribution in [0.15, 0.2) is 48.5 Å². The van der Waals surface area contributed by atoms with Crippen molar-refractivity contribution >= 4 is 0 Å². The van der Waals surface area contributed by atoms with Crippen LogP contribution in [0.4, 0.5) is 26.3 Å². The van der Waals surface area contributed by atoms with Crippen molar-refractivity contribution in [3.63, 3.8) is 0 Å². The molecule has 0 heterocycles. The Morgan fingerprint density at radius 2 is 0.880 bits per heavy atom. The summed E-state index contributed by atoms with van der Waals surface area (Å²) in [5.74, 6) is 0. The zero-order valence-electron chi connectivity index (χ0n) is 12.9. The highest BCUT2D eigenvalue weighted by Gasteiger charge is 2.39. The first kappa shape index (κ1) is 19.3. The van der Waals surface area contributed by atoms with Crippen LogP contribution in [-0.4, -0.2) is 16.3 Å². The Hall–Kier alpha value is -2.06. The molecule has 0 unspecified atom stereocenters. The molecule has 0 aliphatic carbocycles. The molecule has 0 saturated carbocycles. The van der Waals surface area contributed by atoms with Gasteiger partial charge in [-0.2, -0.15) is 26.3 Å². The molecule has 2 rings (SSSR count). The third kappa shape index (κ3) is 3.80. The molecule has 0 saturated heterocycles. The van der Waals surface area contributed by atoms with E-state index in [1.165, 1.54) is 6.92 Å². The van der Waals surface area contributed by atoms with E-state index in [0.717, 1.165) is 48.5 Å². The summed E-state index contributed by atoms with van der Waals surface area (Å²) in [5.41, 5.74) is -4.20. The maximum absolute atomic E-state index is 12.6. The SMILES string of the molecule is C[C@H](O)C(O)(c1ccc(C(F)(F)F)cc1)c1ccc(C(F)(F)F)cc1. The Labute approximate surface area is 139 Å². The van der Waals surface area contributed by atoms with Gasteiger partial charge in [-0.15, -0.1) is 0 Å². The first-order chi connectivity index (χ1) is 11.4. The zero-order valence-corrected chi connectivity index (χ0v) is 12.9. The lowest BCUT2D eigenvalue weighted by molar-refractivity contribution is -0.138. The third-order valence-electron chi connectivity index (χ3n) is 3.91. The maximum atomic E-state index is 12.6. The van der Waals surface area contributed by atoms with Crippen LogP contribution in [-0.2, 0) is 18.0 Å². The van der Waals surface area contributed by atoms with Gasteiger partial charge in [0.05, 0.1) is 17.2 Å². The van der Waals surface area contributed by atoms with Gasteiger partial charge >= 0.3 is 12.4 Å². The van der Waals surface area contributed by atoms with E-state index in [-0.39, 0.29) is 11.1 Å². The predicted molar refractivity (Wildman–Crippen MR) is 77.6 cm³/mol. The molecule has 0 spiro atoms. The van der Waals surface area contributed by atoms with Crippen molar-refractivity contribution in [2.75, 3.05) is 0 Å². The average molecular weight is 364 g/mol. The molecular weight excluding hydrogens is 350 g/mol. The summed E-state index contributed by atoms with van der Waals surface area (Å²) in [6.45, 7) is 1.19. The number of hydrogen-bond donors (Lipinski definition) is 2. The molecule has 136 valence electrons. The van der Waals surface area contributed by atoms with Gasteiger partial charge < -0.3 is 10.2 Å². The normalized spacial score (nSPS) is 14.4. The molecule has 2 aromatic carbocycles. The van der Waals surface area contributed by atoms with Crippen molar-refractivity contribution in [1.29, 1.82) is 0 Å². The van der Waals surface area contributed by atoms with E-state index in [1.807, 2.05) is 0 Å². The lowest BCUT2D eigenvalue weighted by Crippen LogP contribution is -2.38. The average Bonchev–Trinajstić information content (AvgIpc) is 2.52. The van der Waals surface area contributed by atoms with Crippen LogP contribution in [0.3, 0.4) is 0 Å². The summed E-state index contributed by atoms with van der Waals surface area (Å²) in [7, 11) is 0. The molecule has 0 aliphatic heterocycles. The molecule has 0 amide bonds. The molecule has 2 N–H and O–H groups in total. The van der Waals surface area contributed by atoms with Gasteiger partial charge in [0, 0.05) is 0 Å². The number of aliphatic hydroxyl groups is 2. The predicted octanol–water partition coefficient (Wildman–Crippen LogP) is 4.34. The van der Waals surface area contributed by atoms with E-state index in [9.17, 15) is 36.6 Å². The topological polar surface area (TPSA) is 40.5 Å². The fourth-order valence-corrected chi connectivity index (χ4v) is 2.48. The molecule has 0 radical (unpaired) electrons. The second-order valence-electron chi connectivity index (χ2n) is 5.59. The zero-order chi connectivity index (χ0) is 19.0. The Morgan fingerprint density at radius 1 is 0.640 bits per heavy atom. The first-order valence-corrected chi connectivity index (χ1v) is 7.12. The minimum atomic E-state index is -4.57. The van der Waals surface area contributed by atoms with Gasteiger partial charge in [-0.3, -0.25) is 0 Å². The van der Waals surface area contributed by atoms with Gasteiger partial charge in [0.25, 0.3) is 0 Å². The monoisotopic (exact) mass is 364 g/mol. The van der Waals surface area contributed by atoms with Crippen LogP contribution in [0.1, 0.15) is 29.2 Å².